The number of anilines is 1. The maximum absolute atomic E-state index is 11.3. The summed E-state index contributed by atoms with van der Waals surface area (Å²) in [5, 5.41) is 3.84. The lowest BCUT2D eigenvalue weighted by Crippen LogP contribution is -2.00. The fourth-order valence-corrected chi connectivity index (χ4v) is 2.34. The molecule has 17 heavy (non-hydrogen) atoms. The molecule has 1 heterocycles. The van der Waals surface area contributed by atoms with E-state index in [-0.39, 0.29) is 0 Å². The van der Waals surface area contributed by atoms with Crippen molar-refractivity contribution in [2.45, 2.75) is 11.4 Å². The van der Waals surface area contributed by atoms with Gasteiger partial charge in [0.15, 0.2) is 9.84 Å². The smallest absolute Gasteiger partial charge is 0.202 e. The number of aromatic nitrogens is 2. The van der Waals surface area contributed by atoms with Gasteiger partial charge in [0.25, 0.3) is 0 Å². The molecule has 0 bridgehead atoms. The van der Waals surface area contributed by atoms with Gasteiger partial charge in [0.1, 0.15) is 6.33 Å². The summed E-state index contributed by atoms with van der Waals surface area (Å²) >= 11 is 1.28. The van der Waals surface area contributed by atoms with E-state index in [9.17, 15) is 8.42 Å². The van der Waals surface area contributed by atoms with E-state index in [1.165, 1.54) is 24.1 Å². The minimum Gasteiger partial charge on any atom is -0.356 e. The van der Waals surface area contributed by atoms with Gasteiger partial charge in [-0.15, -0.1) is 0 Å². The lowest BCUT2D eigenvalue weighted by atomic mass is 10.2. The van der Waals surface area contributed by atoms with Crippen molar-refractivity contribution in [3.05, 3.63) is 36.2 Å². The van der Waals surface area contributed by atoms with Crippen molar-refractivity contribution in [1.29, 1.82) is 0 Å². The highest BCUT2D eigenvalue weighted by Crippen LogP contribution is 2.12. The lowest BCUT2D eigenvalue weighted by Gasteiger charge is -2.03. The SMILES string of the molecule is CS(=O)(=O)c1ccc(CNc2ncns2)cc1. The van der Waals surface area contributed by atoms with Crippen LogP contribution < -0.4 is 5.32 Å². The van der Waals surface area contributed by atoms with Crippen LogP contribution in [0.25, 0.3) is 0 Å². The third-order valence-electron chi connectivity index (χ3n) is 2.16. The fourth-order valence-electron chi connectivity index (χ4n) is 1.28. The Kier molecular flexibility index (Phi) is 3.39. The molecule has 0 spiro atoms. The Hall–Kier alpha value is -1.47. The molecule has 0 unspecified atom stereocenters. The molecule has 0 aliphatic rings. The van der Waals surface area contributed by atoms with Crippen LogP contribution >= 0.6 is 11.5 Å². The number of hydrogen-bond acceptors (Lipinski definition) is 6. The number of sulfone groups is 1. The van der Waals surface area contributed by atoms with Crippen molar-refractivity contribution < 1.29 is 8.42 Å². The van der Waals surface area contributed by atoms with Gasteiger partial charge in [0, 0.05) is 24.3 Å². The molecule has 1 N–H and O–H groups in total. The van der Waals surface area contributed by atoms with Crippen LogP contribution in [0.15, 0.2) is 35.5 Å². The Bertz CT molecular complexity index is 577. The van der Waals surface area contributed by atoms with E-state index in [2.05, 4.69) is 14.7 Å². The first-order valence-electron chi connectivity index (χ1n) is 4.85. The molecule has 0 aliphatic heterocycles. The molecule has 2 aromatic rings. The van der Waals surface area contributed by atoms with Gasteiger partial charge < -0.3 is 5.32 Å². The van der Waals surface area contributed by atoms with Gasteiger partial charge in [-0.1, -0.05) is 12.1 Å². The summed E-state index contributed by atoms with van der Waals surface area (Å²) in [4.78, 5) is 4.32. The maximum Gasteiger partial charge on any atom is 0.202 e. The van der Waals surface area contributed by atoms with E-state index < -0.39 is 9.84 Å². The highest BCUT2D eigenvalue weighted by molar-refractivity contribution is 7.90. The number of nitrogens with zero attached hydrogens (tertiary/aromatic N) is 2. The monoisotopic (exact) mass is 269 g/mol. The average molecular weight is 269 g/mol. The number of benzene rings is 1. The van der Waals surface area contributed by atoms with Crippen LogP contribution in [0, 0.1) is 0 Å². The summed E-state index contributed by atoms with van der Waals surface area (Å²) in [5.41, 5.74) is 0.993. The summed E-state index contributed by atoms with van der Waals surface area (Å²) in [6.45, 7) is 0.596. The highest BCUT2D eigenvalue weighted by atomic mass is 32.2. The van der Waals surface area contributed by atoms with Gasteiger partial charge in [-0.05, 0) is 17.7 Å². The van der Waals surface area contributed by atoms with Gasteiger partial charge in [-0.3, -0.25) is 0 Å². The maximum atomic E-state index is 11.3. The van der Waals surface area contributed by atoms with E-state index in [4.69, 9.17) is 0 Å². The minimum atomic E-state index is -3.12. The van der Waals surface area contributed by atoms with Crippen LogP contribution in [0.3, 0.4) is 0 Å². The summed E-state index contributed by atoms with van der Waals surface area (Å²) in [5.74, 6) is 0. The quantitative estimate of drug-likeness (QED) is 0.911. The second-order valence-corrected chi connectivity index (χ2v) is 6.31. The first kappa shape index (κ1) is 12.0. The summed E-state index contributed by atoms with van der Waals surface area (Å²) in [6.07, 6.45) is 2.68. The Morgan fingerprint density at radius 2 is 2.00 bits per heavy atom. The third kappa shape index (κ3) is 3.24. The molecule has 2 rings (SSSR count). The second-order valence-electron chi connectivity index (χ2n) is 3.52. The van der Waals surface area contributed by atoms with E-state index in [0.717, 1.165) is 10.7 Å². The largest absolute Gasteiger partial charge is 0.356 e. The Morgan fingerprint density at radius 1 is 1.29 bits per heavy atom. The zero-order valence-corrected chi connectivity index (χ0v) is 10.8. The van der Waals surface area contributed by atoms with Crippen molar-refractivity contribution in [2.24, 2.45) is 0 Å². The molecular formula is C10H11N3O2S2. The van der Waals surface area contributed by atoms with Gasteiger partial charge in [-0.2, -0.15) is 4.37 Å². The predicted molar refractivity (Wildman–Crippen MR) is 66.8 cm³/mol. The molecule has 0 aliphatic carbocycles. The number of hydrogen-bond donors (Lipinski definition) is 1. The van der Waals surface area contributed by atoms with Crippen molar-refractivity contribution in [1.82, 2.24) is 9.36 Å². The van der Waals surface area contributed by atoms with Gasteiger partial charge in [0.2, 0.25) is 5.13 Å². The van der Waals surface area contributed by atoms with Gasteiger partial charge in [0.05, 0.1) is 4.90 Å². The summed E-state index contributed by atoms with van der Waals surface area (Å²) in [6, 6.07) is 6.77. The van der Waals surface area contributed by atoms with Gasteiger partial charge in [-0.25, -0.2) is 13.4 Å². The van der Waals surface area contributed by atoms with E-state index in [1.54, 1.807) is 24.3 Å². The van der Waals surface area contributed by atoms with Crippen molar-refractivity contribution in [3.8, 4) is 0 Å². The molecule has 0 saturated carbocycles. The fraction of sp³-hybridized carbons (Fsp3) is 0.200. The predicted octanol–water partition coefficient (Wildman–Crippen LogP) is 1.55. The van der Waals surface area contributed by atoms with Crippen LogP contribution in [0.4, 0.5) is 5.13 Å². The topological polar surface area (TPSA) is 72.0 Å². The molecule has 0 amide bonds. The summed E-state index contributed by atoms with van der Waals surface area (Å²) in [7, 11) is -3.12. The molecular weight excluding hydrogens is 258 g/mol. The van der Waals surface area contributed by atoms with Crippen molar-refractivity contribution in [2.75, 3.05) is 11.6 Å². The van der Waals surface area contributed by atoms with E-state index in [1.807, 2.05) is 0 Å². The lowest BCUT2D eigenvalue weighted by molar-refractivity contribution is 0.602. The number of nitrogens with one attached hydrogen (secondary N) is 1. The molecule has 5 nitrogen and oxygen atoms in total. The van der Waals surface area contributed by atoms with Crippen LogP contribution in [0.1, 0.15) is 5.56 Å². The summed E-state index contributed by atoms with van der Waals surface area (Å²) < 4.78 is 26.4. The zero-order valence-electron chi connectivity index (χ0n) is 9.12. The molecule has 1 aromatic carbocycles. The highest BCUT2D eigenvalue weighted by Gasteiger charge is 2.06. The molecule has 1 aromatic heterocycles. The minimum absolute atomic E-state index is 0.331. The van der Waals surface area contributed by atoms with Crippen molar-refractivity contribution >= 4 is 26.5 Å². The Morgan fingerprint density at radius 3 is 2.53 bits per heavy atom. The van der Waals surface area contributed by atoms with Crippen LogP contribution in [0.2, 0.25) is 0 Å². The van der Waals surface area contributed by atoms with E-state index >= 15 is 0 Å². The molecule has 0 fully saturated rings. The first-order chi connectivity index (χ1) is 8.05. The standard InChI is InChI=1S/C10H11N3O2S2/c1-17(14,15)9-4-2-8(3-5-9)6-11-10-12-7-13-16-10/h2-5,7H,6H2,1H3,(H,11,12,13). The van der Waals surface area contributed by atoms with Crippen molar-refractivity contribution in [3.63, 3.8) is 0 Å². The third-order valence-corrected chi connectivity index (χ3v) is 3.91. The molecule has 0 atom stereocenters. The van der Waals surface area contributed by atoms with Gasteiger partial charge >= 0.3 is 0 Å². The van der Waals surface area contributed by atoms with Crippen LogP contribution in [0.5, 0.6) is 0 Å². The molecule has 7 heteroatoms. The first-order valence-corrected chi connectivity index (χ1v) is 7.52. The molecule has 0 radical (unpaired) electrons. The molecule has 0 saturated heterocycles. The zero-order chi connectivity index (χ0) is 12.3. The Balaban J connectivity index is 2.04. The molecule has 90 valence electrons. The van der Waals surface area contributed by atoms with Crippen LogP contribution in [-0.2, 0) is 16.4 Å². The van der Waals surface area contributed by atoms with Crippen LogP contribution in [-0.4, -0.2) is 24.0 Å². The average Bonchev–Trinajstić information content (AvgIpc) is 2.78. The van der Waals surface area contributed by atoms with E-state index in [0.29, 0.717) is 11.4 Å². The number of rotatable bonds is 4. The second kappa shape index (κ2) is 4.80. The Labute approximate surface area is 104 Å². The normalized spacial score (nSPS) is 11.4.